The number of unbranched alkanes of at least 4 members (excludes halogenated alkanes) is 36. The van der Waals surface area contributed by atoms with Gasteiger partial charge < -0.3 is 89.9 Å². The van der Waals surface area contributed by atoms with Gasteiger partial charge in [-0.3, -0.25) is 4.79 Å². The molecule has 0 spiro atoms. The zero-order valence-corrected chi connectivity index (χ0v) is 63.3. The molecule has 592 valence electrons. The number of hydrogen-bond donors (Lipinski definition) is 12. The van der Waals surface area contributed by atoms with Gasteiger partial charge in [0, 0.05) is 6.42 Å². The zero-order chi connectivity index (χ0) is 73.9. The maximum absolute atomic E-state index is 13.5. The van der Waals surface area contributed by atoms with Crippen LogP contribution in [0.4, 0.5) is 0 Å². The Morgan fingerprint density at radius 3 is 1.10 bits per heavy atom. The highest BCUT2D eigenvalue weighted by Crippen LogP contribution is 2.33. The van der Waals surface area contributed by atoms with E-state index in [0.29, 0.717) is 12.8 Å². The van der Waals surface area contributed by atoms with E-state index in [1.807, 2.05) is 6.08 Å². The van der Waals surface area contributed by atoms with Gasteiger partial charge >= 0.3 is 0 Å². The SMILES string of the molecule is CC/C=C\C/C=C\C/C=C\C/C=C\C/C=C\CCCCCCCCCCCCCCCCCC(=O)NC(COC1OC(CO)C(OC2OC(CO)C(OC3OC(CO)C(O)C(O)C3O)C(O)C2O)C(O)C1O)C(O)/C=C/CC/C=C/CCCCCCCCCCCCCCCCCCCCCC. The largest absolute Gasteiger partial charge is 0.394 e. The van der Waals surface area contributed by atoms with Crippen LogP contribution in [-0.4, -0.2) is 193 Å². The second-order valence-corrected chi connectivity index (χ2v) is 28.8. The van der Waals surface area contributed by atoms with E-state index in [2.05, 4.69) is 92.1 Å². The summed E-state index contributed by atoms with van der Waals surface area (Å²) < 4.78 is 34.4. The van der Waals surface area contributed by atoms with Crippen molar-refractivity contribution in [3.63, 3.8) is 0 Å². The number of amides is 1. The van der Waals surface area contributed by atoms with Crippen LogP contribution < -0.4 is 5.32 Å². The zero-order valence-electron chi connectivity index (χ0n) is 63.3. The van der Waals surface area contributed by atoms with Gasteiger partial charge in [-0.25, -0.2) is 0 Å². The van der Waals surface area contributed by atoms with E-state index in [-0.39, 0.29) is 18.9 Å². The van der Waals surface area contributed by atoms with Crippen molar-refractivity contribution in [2.45, 2.75) is 407 Å². The molecule has 0 radical (unpaired) electrons. The number of nitrogens with one attached hydrogen (secondary N) is 1. The normalized spacial score (nSPS) is 26.6. The van der Waals surface area contributed by atoms with Gasteiger partial charge in [0.15, 0.2) is 18.9 Å². The Morgan fingerprint density at radius 2 is 0.686 bits per heavy atom. The molecule has 0 aromatic rings. The van der Waals surface area contributed by atoms with E-state index in [1.54, 1.807) is 6.08 Å². The van der Waals surface area contributed by atoms with E-state index in [0.717, 1.165) is 70.6 Å². The summed E-state index contributed by atoms with van der Waals surface area (Å²) in [6, 6.07) is -0.996. The van der Waals surface area contributed by atoms with Crippen molar-refractivity contribution in [3.8, 4) is 0 Å². The lowest BCUT2D eigenvalue weighted by molar-refractivity contribution is -0.379. The maximum Gasteiger partial charge on any atom is 0.220 e. The van der Waals surface area contributed by atoms with Crippen molar-refractivity contribution in [1.29, 1.82) is 0 Å². The molecule has 3 rings (SSSR count). The Bertz CT molecular complexity index is 2170. The summed E-state index contributed by atoms with van der Waals surface area (Å²) in [7, 11) is 0. The van der Waals surface area contributed by atoms with Gasteiger partial charge in [0.2, 0.25) is 5.91 Å². The molecule has 17 unspecified atom stereocenters. The van der Waals surface area contributed by atoms with Crippen molar-refractivity contribution in [2.24, 2.45) is 0 Å². The lowest BCUT2D eigenvalue weighted by atomic mass is 9.96. The standard InChI is InChI=1S/C83H147NO18/c1-3-5-7-9-11-13-15-17-19-21-23-25-27-29-31-32-33-34-35-37-39-41-43-45-47-49-51-53-55-57-59-61-71(89)84-66(67(88)60-58-56-54-52-50-48-46-44-42-40-38-36-30-28-26-24-22-20-18-16-14-12-10-8-6-4-2)65-97-81-77(95)74(92)79(69(63-86)99-81)102-83-78(96)75(93)80(70(64-87)100-83)101-82-76(94)73(91)72(90)68(62-85)98-82/h5,7,11,13,17,19,23,25,29,31,50,52,58,60,66-70,72-83,85-88,90-96H,3-4,6,8-10,12,14-16,18,20-22,24,26-28,30,32-49,51,53-57,59,61-65H2,1-2H3,(H,84,89)/b7-5-,13-11-,19-17-,25-23-,31-29-,52-50+,60-58+. The van der Waals surface area contributed by atoms with Crippen molar-refractivity contribution >= 4 is 5.91 Å². The first kappa shape index (κ1) is 93.2. The van der Waals surface area contributed by atoms with E-state index < -0.39 is 124 Å². The molecule has 102 heavy (non-hydrogen) atoms. The number of allylic oxidation sites excluding steroid dienone is 13. The molecular formula is C83H147NO18. The molecule has 1 amide bonds. The fraction of sp³-hybridized carbons (Fsp3) is 0.819. The van der Waals surface area contributed by atoms with Crippen molar-refractivity contribution in [1.82, 2.24) is 5.32 Å². The average Bonchev–Trinajstić information content (AvgIpc) is 0.781. The minimum atomic E-state index is -1.98. The molecule has 19 heteroatoms. The molecule has 3 saturated heterocycles. The molecule has 3 heterocycles. The topological polar surface area (TPSA) is 307 Å². The molecule has 0 saturated carbocycles. The maximum atomic E-state index is 13.5. The van der Waals surface area contributed by atoms with Gasteiger partial charge in [0.25, 0.3) is 0 Å². The summed E-state index contributed by atoms with van der Waals surface area (Å²) in [5.74, 6) is -0.285. The number of aliphatic hydroxyl groups excluding tert-OH is 11. The summed E-state index contributed by atoms with van der Waals surface area (Å²) in [5.41, 5.74) is 0. The molecule has 0 bridgehead atoms. The average molecular weight is 1450 g/mol. The quantitative estimate of drug-likeness (QED) is 0.0199. The monoisotopic (exact) mass is 1450 g/mol. The summed E-state index contributed by atoms with van der Waals surface area (Å²) in [6.45, 7) is 1.64. The first-order valence-electron chi connectivity index (χ1n) is 40.8. The molecule has 0 aromatic carbocycles. The Morgan fingerprint density at radius 1 is 0.363 bits per heavy atom. The Kier molecular flexibility index (Phi) is 57.5. The lowest BCUT2D eigenvalue weighted by Gasteiger charge is -2.48. The molecule has 17 atom stereocenters. The molecule has 3 aliphatic heterocycles. The predicted molar refractivity (Wildman–Crippen MR) is 406 cm³/mol. The summed E-state index contributed by atoms with van der Waals surface area (Å²) >= 11 is 0. The summed E-state index contributed by atoms with van der Waals surface area (Å²) in [4.78, 5) is 13.5. The minimum absolute atomic E-state index is 0.232. The molecule has 3 fully saturated rings. The van der Waals surface area contributed by atoms with E-state index >= 15 is 0 Å². The van der Waals surface area contributed by atoms with Crippen LogP contribution in [0.25, 0.3) is 0 Å². The van der Waals surface area contributed by atoms with Crippen LogP contribution in [0.15, 0.2) is 85.1 Å². The summed E-state index contributed by atoms with van der Waals surface area (Å²) in [6.07, 6.45) is 57.1. The van der Waals surface area contributed by atoms with Crippen LogP contribution in [0.1, 0.15) is 303 Å². The van der Waals surface area contributed by atoms with Crippen molar-refractivity contribution in [2.75, 3.05) is 26.4 Å². The van der Waals surface area contributed by atoms with Gasteiger partial charge in [0.1, 0.15) is 73.2 Å². The highest BCUT2D eigenvalue weighted by Gasteiger charge is 2.54. The smallest absolute Gasteiger partial charge is 0.220 e. The highest BCUT2D eigenvalue weighted by molar-refractivity contribution is 5.76. The van der Waals surface area contributed by atoms with Gasteiger partial charge in [0.05, 0.1) is 38.6 Å². The number of hydrogen-bond acceptors (Lipinski definition) is 18. The fourth-order valence-electron chi connectivity index (χ4n) is 13.4. The van der Waals surface area contributed by atoms with Gasteiger partial charge in [-0.2, -0.15) is 0 Å². The predicted octanol–water partition coefficient (Wildman–Crippen LogP) is 13.8. The van der Waals surface area contributed by atoms with Crippen LogP contribution in [0, 0.1) is 0 Å². The van der Waals surface area contributed by atoms with Gasteiger partial charge in [-0.1, -0.05) is 304 Å². The van der Waals surface area contributed by atoms with Crippen LogP contribution in [-0.2, 0) is 33.2 Å². The molecule has 3 aliphatic rings. The number of carbonyl (C=O) groups is 1. The Balaban J connectivity index is 1.38. The van der Waals surface area contributed by atoms with E-state index in [1.165, 1.54) is 199 Å². The molecular weight excluding hydrogens is 1300 g/mol. The van der Waals surface area contributed by atoms with Gasteiger partial charge in [-0.05, 0) is 77.0 Å². The third kappa shape index (κ3) is 42.5. The third-order valence-electron chi connectivity index (χ3n) is 19.9. The first-order chi connectivity index (χ1) is 49.8. The minimum Gasteiger partial charge on any atom is -0.394 e. The fourth-order valence-corrected chi connectivity index (χ4v) is 13.4. The van der Waals surface area contributed by atoms with E-state index in [9.17, 15) is 61.0 Å². The molecule has 0 aliphatic carbocycles. The third-order valence-corrected chi connectivity index (χ3v) is 19.9. The van der Waals surface area contributed by atoms with Crippen molar-refractivity contribution in [3.05, 3.63) is 85.1 Å². The second-order valence-electron chi connectivity index (χ2n) is 28.8. The highest BCUT2D eigenvalue weighted by atomic mass is 16.8. The number of rotatable bonds is 64. The van der Waals surface area contributed by atoms with Crippen molar-refractivity contribution < 1.29 is 89.4 Å². The van der Waals surface area contributed by atoms with Gasteiger partial charge in [-0.15, -0.1) is 0 Å². The molecule has 0 aromatic heterocycles. The van der Waals surface area contributed by atoms with Crippen LogP contribution >= 0.6 is 0 Å². The molecule has 19 nitrogen and oxygen atoms in total. The number of ether oxygens (including phenoxy) is 6. The molecule has 12 N–H and O–H groups in total. The second kappa shape index (κ2) is 63.0. The Labute approximate surface area is 616 Å². The van der Waals surface area contributed by atoms with Crippen LogP contribution in [0.2, 0.25) is 0 Å². The number of carbonyl (C=O) groups excluding carboxylic acids is 1. The van der Waals surface area contributed by atoms with Crippen LogP contribution in [0.3, 0.4) is 0 Å². The lowest BCUT2D eigenvalue weighted by Crippen LogP contribution is -2.66. The first-order valence-corrected chi connectivity index (χ1v) is 40.8. The summed E-state index contributed by atoms with van der Waals surface area (Å²) in [5, 5.41) is 121. The number of aliphatic hydroxyl groups is 11. The van der Waals surface area contributed by atoms with E-state index in [4.69, 9.17) is 28.4 Å². The Hall–Kier alpha value is -3.03. The van der Waals surface area contributed by atoms with Crippen LogP contribution in [0.5, 0.6) is 0 Å².